The Bertz CT molecular complexity index is 226. The number of carbonyl (C=O) groups is 1. The van der Waals surface area contributed by atoms with Crippen LogP contribution in [-0.4, -0.2) is 42.1 Å². The van der Waals surface area contributed by atoms with Crippen molar-refractivity contribution in [2.75, 3.05) is 13.1 Å². The summed E-state index contributed by atoms with van der Waals surface area (Å²) < 4.78 is 0. The number of nitrogens with one attached hydrogen (secondary N) is 2. The fraction of sp³-hybridized carbons (Fsp3) is 0.875. The molecule has 3 aliphatic rings. The Morgan fingerprint density at radius 2 is 2.17 bits per heavy atom. The second-order valence-electron chi connectivity index (χ2n) is 3.92. The summed E-state index contributed by atoms with van der Waals surface area (Å²) in [4.78, 5) is 13.5. The largest absolute Gasteiger partial charge is 0.332 e. The SMILES string of the molecule is O=C1NC2CNCC2N1C1CC1. The van der Waals surface area contributed by atoms with Crippen molar-refractivity contribution in [3.05, 3.63) is 0 Å². The summed E-state index contributed by atoms with van der Waals surface area (Å²) >= 11 is 0. The molecule has 4 heteroatoms. The van der Waals surface area contributed by atoms with Crippen LogP contribution in [0, 0.1) is 0 Å². The zero-order valence-electron chi connectivity index (χ0n) is 6.92. The smallest absolute Gasteiger partial charge is 0.318 e. The molecule has 2 unspecified atom stereocenters. The highest BCUT2D eigenvalue weighted by molar-refractivity contribution is 5.78. The highest BCUT2D eigenvalue weighted by Crippen LogP contribution is 2.32. The van der Waals surface area contributed by atoms with Crippen LogP contribution in [0.25, 0.3) is 0 Å². The van der Waals surface area contributed by atoms with Gasteiger partial charge >= 0.3 is 6.03 Å². The molecule has 3 rings (SSSR count). The summed E-state index contributed by atoms with van der Waals surface area (Å²) in [5.41, 5.74) is 0. The van der Waals surface area contributed by atoms with Gasteiger partial charge in [0, 0.05) is 19.1 Å². The molecule has 2 atom stereocenters. The molecule has 3 fully saturated rings. The van der Waals surface area contributed by atoms with Crippen molar-refractivity contribution in [2.45, 2.75) is 31.0 Å². The first-order valence-electron chi connectivity index (χ1n) is 4.66. The Hall–Kier alpha value is -0.770. The Morgan fingerprint density at radius 3 is 2.92 bits per heavy atom. The van der Waals surface area contributed by atoms with Crippen LogP contribution in [0.5, 0.6) is 0 Å². The maximum Gasteiger partial charge on any atom is 0.318 e. The van der Waals surface area contributed by atoms with Crippen molar-refractivity contribution >= 4 is 6.03 Å². The highest BCUT2D eigenvalue weighted by Gasteiger charge is 2.48. The van der Waals surface area contributed by atoms with Gasteiger partial charge < -0.3 is 15.5 Å². The van der Waals surface area contributed by atoms with Crippen LogP contribution in [-0.2, 0) is 0 Å². The summed E-state index contributed by atoms with van der Waals surface area (Å²) in [5, 5.41) is 6.31. The molecular formula is C8H13N3O. The van der Waals surface area contributed by atoms with Gasteiger partial charge in [0.2, 0.25) is 0 Å². The summed E-state index contributed by atoms with van der Waals surface area (Å²) in [6, 6.07) is 1.52. The number of carbonyl (C=O) groups excluding carboxylic acids is 1. The molecule has 2 saturated heterocycles. The Balaban J connectivity index is 1.84. The van der Waals surface area contributed by atoms with Gasteiger partial charge in [0.25, 0.3) is 0 Å². The van der Waals surface area contributed by atoms with Gasteiger partial charge in [0.05, 0.1) is 12.1 Å². The average Bonchev–Trinajstić information content (AvgIpc) is 2.66. The van der Waals surface area contributed by atoms with E-state index in [9.17, 15) is 4.79 Å². The van der Waals surface area contributed by atoms with Gasteiger partial charge in [0.15, 0.2) is 0 Å². The molecule has 4 nitrogen and oxygen atoms in total. The van der Waals surface area contributed by atoms with E-state index < -0.39 is 0 Å². The molecule has 0 spiro atoms. The minimum atomic E-state index is 0.161. The minimum absolute atomic E-state index is 0.161. The average molecular weight is 167 g/mol. The van der Waals surface area contributed by atoms with Gasteiger partial charge in [-0.3, -0.25) is 0 Å². The molecule has 1 aliphatic carbocycles. The van der Waals surface area contributed by atoms with Gasteiger partial charge in [-0.1, -0.05) is 0 Å². The summed E-state index contributed by atoms with van der Waals surface area (Å²) in [6.07, 6.45) is 2.41. The van der Waals surface area contributed by atoms with Crippen molar-refractivity contribution in [3.63, 3.8) is 0 Å². The number of hydrogen-bond donors (Lipinski definition) is 2. The standard InChI is InChI=1S/C8H13N3O/c12-8-10-6-3-9-4-7(6)11(8)5-1-2-5/h5-7,9H,1-4H2,(H,10,12). The lowest BCUT2D eigenvalue weighted by Crippen LogP contribution is -2.39. The van der Waals surface area contributed by atoms with E-state index in [2.05, 4.69) is 10.6 Å². The first-order valence-corrected chi connectivity index (χ1v) is 4.66. The lowest BCUT2D eigenvalue weighted by Gasteiger charge is -2.20. The van der Waals surface area contributed by atoms with Gasteiger partial charge in [0.1, 0.15) is 0 Å². The van der Waals surface area contributed by atoms with Crippen molar-refractivity contribution in [3.8, 4) is 0 Å². The minimum Gasteiger partial charge on any atom is -0.332 e. The van der Waals surface area contributed by atoms with Crippen LogP contribution in [0.3, 0.4) is 0 Å². The third-order valence-corrected chi connectivity index (χ3v) is 3.02. The van der Waals surface area contributed by atoms with Gasteiger partial charge in [-0.05, 0) is 12.8 Å². The molecule has 0 bridgehead atoms. The Labute approximate surface area is 71.3 Å². The molecule has 0 radical (unpaired) electrons. The summed E-state index contributed by atoms with van der Waals surface area (Å²) in [5.74, 6) is 0. The molecular weight excluding hydrogens is 154 g/mol. The van der Waals surface area contributed by atoms with E-state index >= 15 is 0 Å². The number of fused-ring (bicyclic) bond motifs is 1. The van der Waals surface area contributed by atoms with Crippen LogP contribution in [0.15, 0.2) is 0 Å². The summed E-state index contributed by atoms with van der Waals surface area (Å²) in [6.45, 7) is 1.92. The third kappa shape index (κ3) is 0.784. The zero-order chi connectivity index (χ0) is 8.13. The van der Waals surface area contributed by atoms with Gasteiger partial charge in [-0.25, -0.2) is 4.79 Å². The van der Waals surface area contributed by atoms with Crippen LogP contribution >= 0.6 is 0 Å². The normalized spacial score (nSPS) is 40.0. The second-order valence-corrected chi connectivity index (χ2v) is 3.92. The van der Waals surface area contributed by atoms with E-state index in [1.54, 1.807) is 0 Å². The van der Waals surface area contributed by atoms with Crippen LogP contribution in [0.1, 0.15) is 12.8 Å². The molecule has 66 valence electrons. The van der Waals surface area contributed by atoms with Crippen molar-refractivity contribution in [2.24, 2.45) is 0 Å². The Morgan fingerprint density at radius 1 is 1.33 bits per heavy atom. The highest BCUT2D eigenvalue weighted by atomic mass is 16.2. The molecule has 0 aromatic rings. The first kappa shape index (κ1) is 6.71. The quantitative estimate of drug-likeness (QED) is 0.553. The van der Waals surface area contributed by atoms with Crippen molar-refractivity contribution in [1.82, 2.24) is 15.5 Å². The van der Waals surface area contributed by atoms with Crippen molar-refractivity contribution < 1.29 is 4.79 Å². The fourth-order valence-corrected chi connectivity index (χ4v) is 2.28. The van der Waals surface area contributed by atoms with E-state index in [0.29, 0.717) is 18.1 Å². The van der Waals surface area contributed by atoms with E-state index in [1.165, 1.54) is 12.8 Å². The maximum atomic E-state index is 11.5. The van der Waals surface area contributed by atoms with Gasteiger partial charge in [-0.15, -0.1) is 0 Å². The maximum absolute atomic E-state index is 11.5. The molecule has 2 aliphatic heterocycles. The number of amides is 2. The van der Waals surface area contributed by atoms with Crippen LogP contribution < -0.4 is 10.6 Å². The lowest BCUT2D eigenvalue weighted by molar-refractivity contribution is 0.201. The molecule has 0 aromatic carbocycles. The predicted octanol–water partition coefficient (Wildman–Crippen LogP) is -0.486. The molecule has 1 saturated carbocycles. The third-order valence-electron chi connectivity index (χ3n) is 3.02. The van der Waals surface area contributed by atoms with E-state index in [1.807, 2.05) is 4.90 Å². The van der Waals surface area contributed by atoms with Crippen LogP contribution in [0.4, 0.5) is 4.79 Å². The molecule has 2 heterocycles. The number of urea groups is 1. The van der Waals surface area contributed by atoms with E-state index in [0.717, 1.165) is 13.1 Å². The lowest BCUT2D eigenvalue weighted by atomic mass is 10.2. The number of hydrogen-bond acceptors (Lipinski definition) is 2. The monoisotopic (exact) mass is 167 g/mol. The first-order chi connectivity index (χ1) is 5.86. The number of nitrogens with zero attached hydrogens (tertiary/aromatic N) is 1. The molecule has 2 N–H and O–H groups in total. The van der Waals surface area contributed by atoms with Crippen LogP contribution in [0.2, 0.25) is 0 Å². The Kier molecular flexibility index (Phi) is 1.19. The second kappa shape index (κ2) is 2.13. The zero-order valence-corrected chi connectivity index (χ0v) is 6.92. The summed E-state index contributed by atoms with van der Waals surface area (Å²) in [7, 11) is 0. The molecule has 2 amide bonds. The number of rotatable bonds is 1. The van der Waals surface area contributed by atoms with Crippen molar-refractivity contribution in [1.29, 1.82) is 0 Å². The topological polar surface area (TPSA) is 44.4 Å². The fourth-order valence-electron chi connectivity index (χ4n) is 2.28. The van der Waals surface area contributed by atoms with E-state index in [-0.39, 0.29) is 6.03 Å². The van der Waals surface area contributed by atoms with E-state index in [4.69, 9.17) is 0 Å². The predicted molar refractivity (Wildman–Crippen MR) is 43.8 cm³/mol. The van der Waals surface area contributed by atoms with Gasteiger partial charge in [-0.2, -0.15) is 0 Å². The molecule has 12 heavy (non-hydrogen) atoms. The molecule has 0 aromatic heterocycles.